The topological polar surface area (TPSA) is 38.0 Å². The Balaban J connectivity index is 1.19. The molecule has 0 fully saturated rings. The summed E-state index contributed by atoms with van der Waals surface area (Å²) >= 11 is 0. The van der Waals surface area contributed by atoms with E-state index in [1.54, 1.807) is 0 Å². The van der Waals surface area contributed by atoms with Gasteiger partial charge in [-0.15, -0.1) is 0 Å². The van der Waals surface area contributed by atoms with Crippen LogP contribution in [0.4, 0.5) is 5.69 Å². The summed E-state index contributed by atoms with van der Waals surface area (Å²) in [5.74, 6) is 0. The molecule has 0 N–H and O–H groups in total. The minimum atomic E-state index is 0.629. The van der Waals surface area contributed by atoms with Gasteiger partial charge < -0.3 is 9.13 Å². The fourth-order valence-corrected chi connectivity index (χ4v) is 7.32. The second-order valence-corrected chi connectivity index (χ2v) is 11.9. The molecule has 2 heterocycles. The maximum absolute atomic E-state index is 10.3. The van der Waals surface area contributed by atoms with Crippen molar-refractivity contribution in [1.29, 1.82) is 5.26 Å². The van der Waals surface area contributed by atoms with Crippen LogP contribution in [0.25, 0.3) is 82.1 Å². The molecule has 0 saturated carbocycles. The molecular weight excluding hydrogens is 585 g/mol. The molecule has 0 bridgehead atoms. The van der Waals surface area contributed by atoms with Crippen LogP contribution in [-0.4, -0.2) is 9.13 Å². The van der Waals surface area contributed by atoms with Crippen molar-refractivity contribution >= 4 is 49.3 Å². The molecule has 4 heteroatoms. The number of hydrogen-bond acceptors (Lipinski definition) is 1. The molecular formula is C44H26N4. The minimum absolute atomic E-state index is 0.629. The van der Waals surface area contributed by atoms with Crippen LogP contribution in [0, 0.1) is 17.9 Å². The molecule has 0 atom stereocenters. The summed E-state index contributed by atoms with van der Waals surface area (Å²) in [5.41, 5.74) is 11.5. The molecule has 0 aliphatic heterocycles. The normalized spacial score (nSPS) is 11.3. The Morgan fingerprint density at radius 3 is 1.73 bits per heavy atom. The standard InChI is InChI=1S/C44H26N4/c1-46-38-18-10-17-37-36-16-4-5-19-39(36)47(44(37)38)33-25-23-29(24-26-33)30-11-8-12-31(27-30)43-32(28-45)13-9-22-42(43)48-40-20-6-2-14-34(40)35-15-3-7-21-41(35)48/h2-27H. The van der Waals surface area contributed by atoms with E-state index in [-0.39, 0.29) is 0 Å². The molecule has 0 aliphatic carbocycles. The Hall–Kier alpha value is -6.88. The largest absolute Gasteiger partial charge is 0.319 e. The Kier molecular flexibility index (Phi) is 6.22. The summed E-state index contributed by atoms with van der Waals surface area (Å²) in [6.07, 6.45) is 0. The summed E-state index contributed by atoms with van der Waals surface area (Å²) in [4.78, 5) is 3.86. The quantitative estimate of drug-likeness (QED) is 0.183. The molecule has 9 aromatic rings. The number of fused-ring (bicyclic) bond motifs is 6. The van der Waals surface area contributed by atoms with E-state index in [1.807, 2.05) is 36.4 Å². The van der Waals surface area contributed by atoms with Crippen molar-refractivity contribution in [2.24, 2.45) is 0 Å². The van der Waals surface area contributed by atoms with Gasteiger partial charge in [0.2, 0.25) is 5.69 Å². The fourth-order valence-electron chi connectivity index (χ4n) is 7.32. The fraction of sp³-hybridized carbons (Fsp3) is 0. The van der Waals surface area contributed by atoms with E-state index in [2.05, 4.69) is 141 Å². The van der Waals surface area contributed by atoms with Crippen LogP contribution in [0.3, 0.4) is 0 Å². The minimum Gasteiger partial charge on any atom is -0.319 e. The van der Waals surface area contributed by atoms with Gasteiger partial charge in [0.05, 0.1) is 46.0 Å². The van der Waals surface area contributed by atoms with Gasteiger partial charge in [-0.1, -0.05) is 109 Å². The highest BCUT2D eigenvalue weighted by molar-refractivity contribution is 6.13. The van der Waals surface area contributed by atoms with Gasteiger partial charge in [-0.2, -0.15) is 5.26 Å². The number of rotatable bonds is 4. The monoisotopic (exact) mass is 610 g/mol. The van der Waals surface area contributed by atoms with Crippen molar-refractivity contribution in [1.82, 2.24) is 9.13 Å². The lowest BCUT2D eigenvalue weighted by Gasteiger charge is -2.16. The van der Waals surface area contributed by atoms with Crippen molar-refractivity contribution in [3.05, 3.63) is 175 Å². The molecule has 0 unspecified atom stereocenters. The zero-order valence-electron chi connectivity index (χ0n) is 25.8. The number of nitrogens with zero attached hydrogens (tertiary/aromatic N) is 4. The Morgan fingerprint density at radius 2 is 1.06 bits per heavy atom. The maximum atomic E-state index is 10.3. The summed E-state index contributed by atoms with van der Waals surface area (Å²) < 4.78 is 4.48. The van der Waals surface area contributed by atoms with Crippen LogP contribution >= 0.6 is 0 Å². The predicted molar refractivity (Wildman–Crippen MR) is 197 cm³/mol. The summed E-state index contributed by atoms with van der Waals surface area (Å²) in [7, 11) is 0. The highest BCUT2D eigenvalue weighted by Crippen LogP contribution is 2.40. The number of aromatic nitrogens is 2. The highest BCUT2D eigenvalue weighted by Gasteiger charge is 2.19. The first-order valence-corrected chi connectivity index (χ1v) is 15.9. The molecule has 0 radical (unpaired) electrons. The number of hydrogen-bond donors (Lipinski definition) is 0. The van der Waals surface area contributed by atoms with E-state index >= 15 is 0 Å². The molecule has 0 aliphatic rings. The predicted octanol–water partition coefficient (Wildman–Crippen LogP) is 11.6. The van der Waals surface area contributed by atoms with Crippen molar-refractivity contribution in [2.75, 3.05) is 0 Å². The number of benzene rings is 7. The van der Waals surface area contributed by atoms with Gasteiger partial charge in [-0.3, -0.25) is 0 Å². The maximum Gasteiger partial charge on any atom is 0.211 e. The third kappa shape index (κ3) is 4.07. The summed E-state index contributed by atoms with van der Waals surface area (Å²) in [5, 5.41) is 14.9. The lowest BCUT2D eigenvalue weighted by molar-refractivity contribution is 1.18. The van der Waals surface area contributed by atoms with Gasteiger partial charge in [-0.05, 0) is 70.6 Å². The van der Waals surface area contributed by atoms with Crippen molar-refractivity contribution in [3.63, 3.8) is 0 Å². The smallest absolute Gasteiger partial charge is 0.211 e. The Morgan fingerprint density at radius 1 is 0.500 bits per heavy atom. The molecule has 0 spiro atoms. The van der Waals surface area contributed by atoms with Crippen molar-refractivity contribution in [2.45, 2.75) is 0 Å². The van der Waals surface area contributed by atoms with Gasteiger partial charge in [0.15, 0.2) is 0 Å². The molecule has 4 nitrogen and oxygen atoms in total. The second-order valence-electron chi connectivity index (χ2n) is 11.9. The lowest BCUT2D eigenvalue weighted by Crippen LogP contribution is -1.99. The van der Waals surface area contributed by atoms with Crippen LogP contribution in [0.5, 0.6) is 0 Å². The van der Waals surface area contributed by atoms with Crippen molar-refractivity contribution < 1.29 is 0 Å². The van der Waals surface area contributed by atoms with Gasteiger partial charge in [0, 0.05) is 27.4 Å². The molecule has 0 saturated heterocycles. The highest BCUT2D eigenvalue weighted by atomic mass is 15.0. The zero-order chi connectivity index (χ0) is 32.2. The third-order valence-electron chi connectivity index (χ3n) is 9.39. The number of nitriles is 1. The SMILES string of the molecule is [C-]#[N+]c1cccc2c3ccccc3n(-c3ccc(-c4cccc(-c5c(C#N)cccc5-n5c6ccccc6c6ccccc65)c4)cc3)c12. The van der Waals surface area contributed by atoms with Gasteiger partial charge in [0.25, 0.3) is 0 Å². The lowest BCUT2D eigenvalue weighted by atomic mass is 9.94. The molecule has 48 heavy (non-hydrogen) atoms. The first kappa shape index (κ1) is 27.4. The number of para-hydroxylation sites is 4. The van der Waals surface area contributed by atoms with E-state index in [4.69, 9.17) is 6.57 Å². The van der Waals surface area contributed by atoms with E-state index in [1.165, 1.54) is 10.8 Å². The zero-order valence-corrected chi connectivity index (χ0v) is 25.8. The van der Waals surface area contributed by atoms with E-state index in [9.17, 15) is 5.26 Å². The molecule has 7 aromatic carbocycles. The average Bonchev–Trinajstić information content (AvgIpc) is 3.68. The Bertz CT molecular complexity index is 2750. The van der Waals surface area contributed by atoms with E-state index < -0.39 is 0 Å². The van der Waals surface area contributed by atoms with E-state index in [0.29, 0.717) is 11.3 Å². The van der Waals surface area contributed by atoms with Crippen LogP contribution < -0.4 is 0 Å². The van der Waals surface area contributed by atoms with Crippen LogP contribution in [-0.2, 0) is 0 Å². The molecule has 0 amide bonds. The molecule has 222 valence electrons. The van der Waals surface area contributed by atoms with Gasteiger partial charge in [0.1, 0.15) is 0 Å². The van der Waals surface area contributed by atoms with Crippen LogP contribution in [0.2, 0.25) is 0 Å². The van der Waals surface area contributed by atoms with Crippen LogP contribution in [0.1, 0.15) is 5.56 Å². The first-order valence-electron chi connectivity index (χ1n) is 15.9. The average molecular weight is 611 g/mol. The van der Waals surface area contributed by atoms with Gasteiger partial charge in [-0.25, -0.2) is 4.85 Å². The van der Waals surface area contributed by atoms with E-state index in [0.717, 1.165) is 66.5 Å². The second kappa shape index (κ2) is 10.9. The summed E-state index contributed by atoms with van der Waals surface area (Å²) in [6.45, 7) is 7.86. The molecule has 2 aromatic heterocycles. The first-order chi connectivity index (χ1) is 23.7. The van der Waals surface area contributed by atoms with Crippen LogP contribution in [0.15, 0.2) is 158 Å². The van der Waals surface area contributed by atoms with Gasteiger partial charge >= 0.3 is 0 Å². The Labute approximate surface area is 277 Å². The molecule has 9 rings (SSSR count). The third-order valence-corrected chi connectivity index (χ3v) is 9.39. The summed E-state index contributed by atoms with van der Waals surface area (Å²) in [6, 6.07) is 56.6. The van der Waals surface area contributed by atoms with Crippen molar-refractivity contribution in [3.8, 4) is 39.7 Å².